The van der Waals surface area contributed by atoms with Crippen molar-refractivity contribution in [3.05, 3.63) is 0 Å². The lowest BCUT2D eigenvalue weighted by Gasteiger charge is -2.34. The van der Waals surface area contributed by atoms with Crippen molar-refractivity contribution in [1.82, 2.24) is 0 Å². The summed E-state index contributed by atoms with van der Waals surface area (Å²) in [6.07, 6.45) is 3.21. The van der Waals surface area contributed by atoms with Gasteiger partial charge in [0.1, 0.15) is 0 Å². The molecule has 1 rings (SSSR count). The summed E-state index contributed by atoms with van der Waals surface area (Å²) in [6.45, 7) is 6.23. The van der Waals surface area contributed by atoms with Crippen molar-refractivity contribution in [2.45, 2.75) is 39.2 Å². The van der Waals surface area contributed by atoms with Gasteiger partial charge in [0.15, 0.2) is 0 Å². The maximum atomic E-state index is 10.0. The molecule has 96 valence electrons. The number of methoxy groups -OCH3 is 1. The predicted octanol–water partition coefficient (Wildman–Crippen LogP) is 2.08. The van der Waals surface area contributed by atoms with E-state index in [2.05, 4.69) is 13.8 Å². The van der Waals surface area contributed by atoms with Crippen molar-refractivity contribution < 1.29 is 14.6 Å². The van der Waals surface area contributed by atoms with Gasteiger partial charge < -0.3 is 14.6 Å². The fourth-order valence-corrected chi connectivity index (χ4v) is 2.42. The minimum Gasteiger partial charge on any atom is -0.390 e. The van der Waals surface area contributed by atoms with Gasteiger partial charge in [0, 0.05) is 7.11 Å². The Kier molecular flexibility index (Phi) is 6.32. The lowest BCUT2D eigenvalue weighted by atomic mass is 9.74. The van der Waals surface area contributed by atoms with Crippen molar-refractivity contribution in [1.29, 1.82) is 0 Å². The molecule has 4 atom stereocenters. The second kappa shape index (κ2) is 7.25. The van der Waals surface area contributed by atoms with Gasteiger partial charge in [0.2, 0.25) is 0 Å². The predicted molar refractivity (Wildman–Crippen MR) is 64.4 cm³/mol. The first-order valence-corrected chi connectivity index (χ1v) is 6.40. The number of hydrogen-bond donors (Lipinski definition) is 1. The monoisotopic (exact) mass is 230 g/mol. The molecule has 0 spiro atoms. The molecule has 0 aliphatic heterocycles. The first kappa shape index (κ1) is 13.9. The fourth-order valence-electron chi connectivity index (χ4n) is 2.42. The summed E-state index contributed by atoms with van der Waals surface area (Å²) in [7, 11) is 1.66. The maximum Gasteiger partial charge on any atom is 0.0801 e. The topological polar surface area (TPSA) is 38.7 Å². The molecule has 0 bridgehead atoms. The van der Waals surface area contributed by atoms with Crippen LogP contribution < -0.4 is 0 Å². The van der Waals surface area contributed by atoms with Gasteiger partial charge in [-0.25, -0.2) is 0 Å². The highest BCUT2D eigenvalue weighted by Gasteiger charge is 2.29. The Morgan fingerprint density at radius 3 is 2.56 bits per heavy atom. The zero-order valence-electron chi connectivity index (χ0n) is 10.8. The first-order chi connectivity index (χ1) is 7.65. The maximum absolute atomic E-state index is 10.0. The third kappa shape index (κ3) is 4.40. The molecule has 1 N–H and O–H groups in total. The van der Waals surface area contributed by atoms with Crippen LogP contribution in [-0.2, 0) is 9.47 Å². The molecule has 0 saturated heterocycles. The SMILES string of the molecule is COCCOCC(O)C1CCC(C)C(C)C1. The Morgan fingerprint density at radius 1 is 1.19 bits per heavy atom. The summed E-state index contributed by atoms with van der Waals surface area (Å²) in [5.74, 6) is 1.96. The second-order valence-electron chi connectivity index (χ2n) is 5.16. The van der Waals surface area contributed by atoms with Crippen LogP contribution in [0.1, 0.15) is 33.1 Å². The summed E-state index contributed by atoms with van der Waals surface area (Å²) in [4.78, 5) is 0. The molecular weight excluding hydrogens is 204 g/mol. The van der Waals surface area contributed by atoms with Gasteiger partial charge in [-0.05, 0) is 30.6 Å². The molecular formula is C13H26O3. The molecule has 0 aromatic rings. The van der Waals surface area contributed by atoms with E-state index in [1.165, 1.54) is 6.42 Å². The van der Waals surface area contributed by atoms with Crippen LogP contribution in [0.25, 0.3) is 0 Å². The van der Waals surface area contributed by atoms with E-state index in [-0.39, 0.29) is 6.10 Å². The zero-order valence-corrected chi connectivity index (χ0v) is 10.8. The minimum absolute atomic E-state index is 0.299. The van der Waals surface area contributed by atoms with Gasteiger partial charge in [0.05, 0.1) is 25.9 Å². The summed E-state index contributed by atoms with van der Waals surface area (Å²) >= 11 is 0. The zero-order chi connectivity index (χ0) is 12.0. The average Bonchev–Trinajstić information content (AvgIpc) is 2.28. The number of ether oxygens (including phenoxy) is 2. The fraction of sp³-hybridized carbons (Fsp3) is 1.00. The van der Waals surface area contributed by atoms with Crippen molar-refractivity contribution >= 4 is 0 Å². The Morgan fingerprint density at radius 2 is 1.94 bits per heavy atom. The number of rotatable bonds is 6. The van der Waals surface area contributed by atoms with Gasteiger partial charge in [-0.2, -0.15) is 0 Å². The first-order valence-electron chi connectivity index (χ1n) is 6.40. The Bertz CT molecular complexity index is 184. The third-order valence-corrected chi connectivity index (χ3v) is 3.90. The van der Waals surface area contributed by atoms with E-state index in [0.29, 0.717) is 25.7 Å². The molecule has 0 aromatic heterocycles. The van der Waals surface area contributed by atoms with Gasteiger partial charge >= 0.3 is 0 Å². The van der Waals surface area contributed by atoms with Crippen molar-refractivity contribution in [3.63, 3.8) is 0 Å². The largest absolute Gasteiger partial charge is 0.390 e. The summed E-state index contributed by atoms with van der Waals surface area (Å²) in [5, 5.41) is 10.0. The van der Waals surface area contributed by atoms with Gasteiger partial charge in [0.25, 0.3) is 0 Å². The van der Waals surface area contributed by atoms with Crippen molar-refractivity contribution in [2.75, 3.05) is 26.9 Å². The molecule has 4 unspecified atom stereocenters. The highest BCUT2D eigenvalue weighted by molar-refractivity contribution is 4.79. The van der Waals surface area contributed by atoms with Crippen LogP contribution in [0.2, 0.25) is 0 Å². The summed E-state index contributed by atoms with van der Waals surface area (Å²) in [6, 6.07) is 0. The molecule has 1 aliphatic carbocycles. The molecule has 0 aromatic carbocycles. The van der Waals surface area contributed by atoms with E-state index in [0.717, 1.165) is 24.7 Å². The van der Waals surface area contributed by atoms with E-state index in [1.807, 2.05) is 0 Å². The van der Waals surface area contributed by atoms with Gasteiger partial charge in [-0.3, -0.25) is 0 Å². The van der Waals surface area contributed by atoms with Crippen LogP contribution in [-0.4, -0.2) is 38.1 Å². The molecule has 0 heterocycles. The molecule has 16 heavy (non-hydrogen) atoms. The molecule has 0 amide bonds. The summed E-state index contributed by atoms with van der Waals surface area (Å²) in [5.41, 5.74) is 0. The average molecular weight is 230 g/mol. The molecule has 1 fully saturated rings. The normalized spacial score (nSPS) is 32.6. The van der Waals surface area contributed by atoms with Gasteiger partial charge in [-0.1, -0.05) is 20.3 Å². The number of hydrogen-bond acceptors (Lipinski definition) is 3. The molecule has 3 nitrogen and oxygen atoms in total. The van der Waals surface area contributed by atoms with Gasteiger partial charge in [-0.15, -0.1) is 0 Å². The quantitative estimate of drug-likeness (QED) is 0.710. The Balaban J connectivity index is 2.18. The lowest BCUT2D eigenvalue weighted by molar-refractivity contribution is -0.0267. The van der Waals surface area contributed by atoms with Crippen LogP contribution in [0.15, 0.2) is 0 Å². The standard InChI is InChI=1S/C13H26O3/c1-10-4-5-12(8-11(10)2)13(14)9-16-7-6-15-3/h10-14H,4-9H2,1-3H3. The van der Waals surface area contributed by atoms with Crippen molar-refractivity contribution in [2.24, 2.45) is 17.8 Å². The number of aliphatic hydroxyl groups excluding tert-OH is 1. The van der Waals surface area contributed by atoms with Crippen LogP contribution in [0.4, 0.5) is 0 Å². The minimum atomic E-state index is -0.299. The van der Waals surface area contributed by atoms with E-state index in [9.17, 15) is 5.11 Å². The van der Waals surface area contributed by atoms with E-state index in [1.54, 1.807) is 7.11 Å². The molecule has 1 saturated carbocycles. The Hall–Kier alpha value is -0.120. The smallest absolute Gasteiger partial charge is 0.0801 e. The summed E-state index contributed by atoms with van der Waals surface area (Å²) < 4.78 is 10.3. The Labute approximate surface area is 99.1 Å². The molecule has 0 radical (unpaired) electrons. The highest BCUT2D eigenvalue weighted by atomic mass is 16.5. The van der Waals surface area contributed by atoms with Crippen LogP contribution in [0, 0.1) is 17.8 Å². The third-order valence-electron chi connectivity index (χ3n) is 3.90. The van der Waals surface area contributed by atoms with E-state index >= 15 is 0 Å². The highest BCUT2D eigenvalue weighted by Crippen LogP contribution is 2.34. The second-order valence-corrected chi connectivity index (χ2v) is 5.16. The number of aliphatic hydroxyl groups is 1. The lowest BCUT2D eigenvalue weighted by Crippen LogP contribution is -2.32. The van der Waals surface area contributed by atoms with E-state index in [4.69, 9.17) is 9.47 Å². The van der Waals surface area contributed by atoms with Crippen LogP contribution in [0.5, 0.6) is 0 Å². The molecule has 1 aliphatic rings. The molecule has 3 heteroatoms. The van der Waals surface area contributed by atoms with E-state index < -0.39 is 0 Å². The van der Waals surface area contributed by atoms with Crippen LogP contribution >= 0.6 is 0 Å². The van der Waals surface area contributed by atoms with Crippen LogP contribution in [0.3, 0.4) is 0 Å². The van der Waals surface area contributed by atoms with Crippen molar-refractivity contribution in [3.8, 4) is 0 Å².